The van der Waals surface area contributed by atoms with E-state index in [4.69, 9.17) is 0 Å². The normalized spacial score (nSPS) is 12.3. The van der Waals surface area contributed by atoms with Crippen LogP contribution in [0.5, 0.6) is 0 Å². The molecule has 0 aromatic heterocycles. The molecule has 0 unspecified atom stereocenters. The molecule has 0 amide bonds. The van der Waals surface area contributed by atoms with Crippen LogP contribution >= 0.6 is 15.9 Å². The largest absolute Gasteiger partial charge is 0.481 e. The lowest BCUT2D eigenvalue weighted by atomic mass is 9.83. The van der Waals surface area contributed by atoms with E-state index in [2.05, 4.69) is 20.7 Å². The van der Waals surface area contributed by atoms with Gasteiger partial charge in [0.05, 0.1) is 10.3 Å². The first-order chi connectivity index (χ1) is 9.29. The fraction of sp³-hybridized carbons (Fsp3) is 0.462. The predicted molar refractivity (Wildman–Crippen MR) is 80.0 cm³/mol. The summed E-state index contributed by atoms with van der Waals surface area (Å²) in [5.41, 5.74) is -1.08. The average molecular weight is 364 g/mol. The predicted octanol–water partition coefficient (Wildman–Crippen LogP) is 2.62. The van der Waals surface area contributed by atoms with Crippen molar-refractivity contribution in [3.8, 4) is 0 Å². The minimum absolute atomic E-state index is 0.103. The fourth-order valence-electron chi connectivity index (χ4n) is 1.85. The summed E-state index contributed by atoms with van der Waals surface area (Å²) in [6, 6.07) is 6.41. The number of halogens is 1. The summed E-state index contributed by atoms with van der Waals surface area (Å²) in [5.74, 6) is -0.989. The Morgan fingerprint density at radius 1 is 1.30 bits per heavy atom. The van der Waals surface area contributed by atoms with Gasteiger partial charge in [-0.3, -0.25) is 4.79 Å². The molecular formula is C13H18BrNO4S. The highest BCUT2D eigenvalue weighted by Crippen LogP contribution is 2.27. The zero-order chi connectivity index (χ0) is 15.4. The maximum absolute atomic E-state index is 12.2. The molecule has 0 fully saturated rings. The zero-order valence-corrected chi connectivity index (χ0v) is 13.8. The molecule has 0 saturated carbocycles. The standard InChI is InChI=1S/C13H18BrNO4S/c1-3-13(4-2,12(16)17)9-15-20(18,19)11-8-6-5-7-10(11)14/h5-8,15H,3-4,9H2,1-2H3,(H,16,17). The Hall–Kier alpha value is -0.920. The molecule has 5 nitrogen and oxygen atoms in total. The fourth-order valence-corrected chi connectivity index (χ4v) is 3.98. The Kier molecular flexibility index (Phi) is 5.73. The molecule has 0 bridgehead atoms. The lowest BCUT2D eigenvalue weighted by Gasteiger charge is -2.26. The second-order valence-electron chi connectivity index (χ2n) is 4.55. The summed E-state index contributed by atoms with van der Waals surface area (Å²) in [6.07, 6.45) is 0.717. The summed E-state index contributed by atoms with van der Waals surface area (Å²) in [4.78, 5) is 11.5. The van der Waals surface area contributed by atoms with Crippen LogP contribution in [0.4, 0.5) is 0 Å². The topological polar surface area (TPSA) is 83.5 Å². The molecule has 0 aliphatic heterocycles. The third-order valence-electron chi connectivity index (χ3n) is 3.53. The van der Waals surface area contributed by atoms with Gasteiger partial charge >= 0.3 is 5.97 Å². The molecule has 0 aliphatic rings. The number of nitrogens with one attached hydrogen (secondary N) is 1. The Labute approximate surface area is 127 Å². The van der Waals surface area contributed by atoms with E-state index in [0.29, 0.717) is 17.3 Å². The Balaban J connectivity index is 2.99. The molecule has 0 saturated heterocycles. The second-order valence-corrected chi connectivity index (χ2v) is 7.14. The molecule has 0 atom stereocenters. The summed E-state index contributed by atoms with van der Waals surface area (Å²) < 4.78 is 27.3. The van der Waals surface area contributed by atoms with Gasteiger partial charge in [0.15, 0.2) is 0 Å². The van der Waals surface area contributed by atoms with E-state index in [-0.39, 0.29) is 11.4 Å². The smallest absolute Gasteiger partial charge is 0.310 e. The van der Waals surface area contributed by atoms with E-state index in [1.807, 2.05) is 0 Å². The Morgan fingerprint density at radius 3 is 2.30 bits per heavy atom. The van der Waals surface area contributed by atoms with Crippen molar-refractivity contribution in [1.82, 2.24) is 4.72 Å². The van der Waals surface area contributed by atoms with E-state index in [1.54, 1.807) is 32.0 Å². The molecule has 1 aromatic carbocycles. The van der Waals surface area contributed by atoms with Crippen LogP contribution in [-0.2, 0) is 14.8 Å². The van der Waals surface area contributed by atoms with E-state index < -0.39 is 21.4 Å². The van der Waals surface area contributed by atoms with E-state index in [9.17, 15) is 18.3 Å². The molecule has 1 aromatic rings. The van der Waals surface area contributed by atoms with Gasteiger partial charge in [0.1, 0.15) is 0 Å². The molecule has 2 N–H and O–H groups in total. The molecule has 0 spiro atoms. The summed E-state index contributed by atoms with van der Waals surface area (Å²) in [6.45, 7) is 3.35. The van der Waals surface area contributed by atoms with Crippen molar-refractivity contribution < 1.29 is 18.3 Å². The minimum atomic E-state index is -3.74. The van der Waals surface area contributed by atoms with Crippen molar-refractivity contribution in [3.05, 3.63) is 28.7 Å². The molecular weight excluding hydrogens is 346 g/mol. The Bertz CT molecular complexity index is 582. The van der Waals surface area contributed by atoms with Crippen LogP contribution in [0.1, 0.15) is 26.7 Å². The number of hydrogen-bond acceptors (Lipinski definition) is 3. The number of benzene rings is 1. The van der Waals surface area contributed by atoms with Crippen molar-refractivity contribution in [3.63, 3.8) is 0 Å². The van der Waals surface area contributed by atoms with Crippen LogP contribution in [0.2, 0.25) is 0 Å². The SMILES string of the molecule is CCC(CC)(CNS(=O)(=O)c1ccccc1Br)C(=O)O. The van der Waals surface area contributed by atoms with Crippen molar-refractivity contribution >= 4 is 31.9 Å². The van der Waals surface area contributed by atoms with Crippen molar-refractivity contribution in [1.29, 1.82) is 0 Å². The quantitative estimate of drug-likeness (QED) is 0.779. The van der Waals surface area contributed by atoms with Gasteiger partial charge in [-0.25, -0.2) is 13.1 Å². The van der Waals surface area contributed by atoms with Gasteiger partial charge in [0.25, 0.3) is 0 Å². The van der Waals surface area contributed by atoms with Crippen LogP contribution in [0.3, 0.4) is 0 Å². The number of aliphatic carboxylic acids is 1. The van der Waals surface area contributed by atoms with E-state index in [1.165, 1.54) is 6.07 Å². The third-order valence-corrected chi connectivity index (χ3v) is 5.95. The highest BCUT2D eigenvalue weighted by atomic mass is 79.9. The van der Waals surface area contributed by atoms with Gasteiger partial charge in [0.2, 0.25) is 10.0 Å². The highest BCUT2D eigenvalue weighted by Gasteiger charge is 2.36. The minimum Gasteiger partial charge on any atom is -0.481 e. The maximum atomic E-state index is 12.2. The molecule has 7 heteroatoms. The number of carbonyl (C=O) groups is 1. The van der Waals surface area contributed by atoms with E-state index >= 15 is 0 Å². The molecule has 1 rings (SSSR count). The first-order valence-corrected chi connectivity index (χ1v) is 8.54. The monoisotopic (exact) mass is 363 g/mol. The van der Waals surface area contributed by atoms with Crippen LogP contribution < -0.4 is 4.72 Å². The van der Waals surface area contributed by atoms with Gasteiger partial charge in [-0.05, 0) is 40.9 Å². The van der Waals surface area contributed by atoms with Crippen LogP contribution in [0.15, 0.2) is 33.6 Å². The number of sulfonamides is 1. The van der Waals surface area contributed by atoms with Crippen molar-refractivity contribution in [2.24, 2.45) is 5.41 Å². The van der Waals surface area contributed by atoms with Crippen LogP contribution in [0, 0.1) is 5.41 Å². The summed E-state index contributed by atoms with van der Waals surface area (Å²) in [7, 11) is -3.74. The highest BCUT2D eigenvalue weighted by molar-refractivity contribution is 9.10. The van der Waals surface area contributed by atoms with Gasteiger partial charge in [-0.2, -0.15) is 0 Å². The van der Waals surface area contributed by atoms with Crippen molar-refractivity contribution in [2.45, 2.75) is 31.6 Å². The number of carboxylic acids is 1. The first-order valence-electron chi connectivity index (χ1n) is 6.26. The number of rotatable bonds is 7. The van der Waals surface area contributed by atoms with Crippen LogP contribution in [-0.4, -0.2) is 26.0 Å². The lowest BCUT2D eigenvalue weighted by molar-refractivity contribution is -0.149. The zero-order valence-electron chi connectivity index (χ0n) is 11.4. The number of hydrogen-bond donors (Lipinski definition) is 2. The molecule has 20 heavy (non-hydrogen) atoms. The first kappa shape index (κ1) is 17.1. The Morgan fingerprint density at radius 2 is 1.85 bits per heavy atom. The van der Waals surface area contributed by atoms with Gasteiger partial charge in [-0.15, -0.1) is 0 Å². The molecule has 0 aliphatic carbocycles. The number of carboxylic acid groups (broad SMARTS) is 1. The second kappa shape index (κ2) is 6.69. The third kappa shape index (κ3) is 3.59. The molecule has 112 valence electrons. The average Bonchev–Trinajstić information content (AvgIpc) is 2.40. The maximum Gasteiger partial charge on any atom is 0.310 e. The lowest BCUT2D eigenvalue weighted by Crippen LogP contribution is -2.42. The molecule has 0 radical (unpaired) electrons. The van der Waals surface area contributed by atoms with Gasteiger partial charge in [0, 0.05) is 11.0 Å². The summed E-state index contributed by atoms with van der Waals surface area (Å²) in [5, 5.41) is 9.30. The van der Waals surface area contributed by atoms with Crippen LogP contribution in [0.25, 0.3) is 0 Å². The summed E-state index contributed by atoms with van der Waals surface area (Å²) >= 11 is 3.18. The van der Waals surface area contributed by atoms with Gasteiger partial charge < -0.3 is 5.11 Å². The van der Waals surface area contributed by atoms with Gasteiger partial charge in [-0.1, -0.05) is 26.0 Å². The van der Waals surface area contributed by atoms with E-state index in [0.717, 1.165) is 0 Å². The molecule has 0 heterocycles. The van der Waals surface area contributed by atoms with Crippen molar-refractivity contribution in [2.75, 3.05) is 6.54 Å².